The summed E-state index contributed by atoms with van der Waals surface area (Å²) in [5.41, 5.74) is 2.58. The molecular weight excluding hydrogens is 416 g/mol. The molecule has 7 nitrogen and oxygen atoms in total. The van der Waals surface area contributed by atoms with Crippen LogP contribution in [-0.4, -0.2) is 56.7 Å². The van der Waals surface area contributed by atoms with Crippen LogP contribution in [0.25, 0.3) is 0 Å². The first kappa shape index (κ1) is 22.8. The van der Waals surface area contributed by atoms with Crippen LogP contribution in [0, 0.1) is 6.92 Å². The van der Waals surface area contributed by atoms with Gasteiger partial charge in [-0.15, -0.1) is 0 Å². The summed E-state index contributed by atoms with van der Waals surface area (Å²) < 4.78 is 21.6. The molecule has 1 aliphatic heterocycles. The first-order valence-corrected chi connectivity index (χ1v) is 10.9. The van der Waals surface area contributed by atoms with Crippen LogP contribution in [-0.2, 0) is 11.2 Å². The Labute approximate surface area is 187 Å². The second-order valence-corrected chi connectivity index (χ2v) is 8.09. The number of hydrogen-bond donors (Lipinski definition) is 0. The van der Waals surface area contributed by atoms with Crippen LogP contribution in [0.15, 0.2) is 35.3 Å². The molecule has 0 saturated carbocycles. The quantitative estimate of drug-likeness (QED) is 0.637. The Bertz CT molecular complexity index is 951. The zero-order chi connectivity index (χ0) is 22.4. The van der Waals surface area contributed by atoms with Crippen LogP contribution in [0.2, 0.25) is 0 Å². The van der Waals surface area contributed by atoms with Gasteiger partial charge >= 0.3 is 0 Å². The van der Waals surface area contributed by atoms with E-state index < -0.39 is 0 Å². The largest absolute Gasteiger partial charge is 0.494 e. The van der Waals surface area contributed by atoms with E-state index in [-0.39, 0.29) is 12.3 Å². The maximum absolute atomic E-state index is 13.2. The number of amidine groups is 1. The number of nitrogens with zero attached hydrogens (tertiary/aromatic N) is 2. The van der Waals surface area contributed by atoms with Crippen molar-refractivity contribution in [2.24, 2.45) is 4.99 Å². The number of hydrogen-bond acceptors (Lipinski definition) is 7. The van der Waals surface area contributed by atoms with Crippen LogP contribution in [0.4, 0.5) is 5.69 Å². The molecule has 31 heavy (non-hydrogen) atoms. The molecule has 0 bridgehead atoms. The zero-order valence-electron chi connectivity index (χ0n) is 18.6. The highest BCUT2D eigenvalue weighted by atomic mass is 32.2. The molecule has 3 rings (SSSR count). The minimum atomic E-state index is -0.0353. The topological polar surface area (TPSA) is 69.6 Å². The summed E-state index contributed by atoms with van der Waals surface area (Å²) in [7, 11) is 6.29. The number of ether oxygens (including phenoxy) is 4. The van der Waals surface area contributed by atoms with Gasteiger partial charge in [0, 0.05) is 12.3 Å². The lowest BCUT2D eigenvalue weighted by Gasteiger charge is -2.28. The molecule has 166 valence electrons. The van der Waals surface area contributed by atoms with Gasteiger partial charge in [0.25, 0.3) is 0 Å². The molecule has 1 amide bonds. The molecule has 0 spiro atoms. The average Bonchev–Trinajstić information content (AvgIpc) is 2.78. The summed E-state index contributed by atoms with van der Waals surface area (Å²) in [6, 6.07) is 9.44. The van der Waals surface area contributed by atoms with Gasteiger partial charge in [0.2, 0.25) is 11.7 Å². The van der Waals surface area contributed by atoms with Crippen molar-refractivity contribution in [3.05, 3.63) is 41.5 Å². The average molecular weight is 445 g/mol. The van der Waals surface area contributed by atoms with Crippen molar-refractivity contribution in [2.45, 2.75) is 19.8 Å². The normalized spacial score (nSPS) is 15.0. The number of amides is 1. The van der Waals surface area contributed by atoms with E-state index in [1.54, 1.807) is 57.2 Å². The Hall–Kier alpha value is -2.87. The number of thioether (sulfide) groups is 1. The Kier molecular flexibility index (Phi) is 7.68. The van der Waals surface area contributed by atoms with Crippen molar-refractivity contribution < 1.29 is 23.7 Å². The highest BCUT2D eigenvalue weighted by molar-refractivity contribution is 8.13. The number of rotatable bonds is 7. The van der Waals surface area contributed by atoms with E-state index in [2.05, 4.69) is 0 Å². The zero-order valence-corrected chi connectivity index (χ0v) is 19.4. The summed E-state index contributed by atoms with van der Waals surface area (Å²) in [5.74, 6) is 3.12. The number of aliphatic imine (C=N–C) groups is 1. The Balaban J connectivity index is 1.89. The predicted molar refractivity (Wildman–Crippen MR) is 123 cm³/mol. The van der Waals surface area contributed by atoms with Crippen LogP contribution in [0.1, 0.15) is 17.5 Å². The fourth-order valence-electron chi connectivity index (χ4n) is 3.38. The van der Waals surface area contributed by atoms with E-state index in [4.69, 9.17) is 23.9 Å². The van der Waals surface area contributed by atoms with E-state index in [0.29, 0.717) is 34.7 Å². The molecule has 8 heteroatoms. The highest BCUT2D eigenvalue weighted by Crippen LogP contribution is 2.38. The molecular formula is C23H28N2O5S. The molecule has 0 atom stereocenters. The van der Waals surface area contributed by atoms with Crippen LogP contribution in [0.5, 0.6) is 23.0 Å². The van der Waals surface area contributed by atoms with Gasteiger partial charge in [-0.2, -0.15) is 0 Å². The standard InChI is InChI=1S/C23H28N2O5S/c1-15-7-8-18(27-2)17(11-15)24-23-25(9-6-10-31-23)21(26)14-16-12-19(28-3)22(30-5)20(13-16)29-4/h7-8,11-13H,6,9-10,14H2,1-5H3. The van der Waals surface area contributed by atoms with Crippen molar-refractivity contribution in [2.75, 3.05) is 40.7 Å². The van der Waals surface area contributed by atoms with Crippen LogP contribution >= 0.6 is 11.8 Å². The Morgan fingerprint density at radius 1 is 1.00 bits per heavy atom. The first-order chi connectivity index (χ1) is 15.0. The SMILES string of the molecule is COc1ccc(C)cc1N=C1SCCCN1C(=O)Cc1cc(OC)c(OC)c(OC)c1. The third kappa shape index (κ3) is 5.25. The number of aryl methyl sites for hydroxylation is 1. The van der Waals surface area contributed by atoms with Crippen LogP contribution < -0.4 is 18.9 Å². The lowest BCUT2D eigenvalue weighted by Crippen LogP contribution is -2.40. The van der Waals surface area contributed by atoms with E-state index in [0.717, 1.165) is 29.0 Å². The van der Waals surface area contributed by atoms with E-state index in [9.17, 15) is 4.79 Å². The number of methoxy groups -OCH3 is 4. The minimum absolute atomic E-state index is 0.0353. The molecule has 0 aromatic heterocycles. The number of carbonyl (C=O) groups is 1. The van der Waals surface area contributed by atoms with Crippen molar-refractivity contribution in [3.63, 3.8) is 0 Å². The van der Waals surface area contributed by atoms with Crippen molar-refractivity contribution in [3.8, 4) is 23.0 Å². The van der Waals surface area contributed by atoms with Gasteiger partial charge in [-0.25, -0.2) is 4.99 Å². The summed E-state index contributed by atoms with van der Waals surface area (Å²) in [6.07, 6.45) is 1.11. The van der Waals surface area contributed by atoms with E-state index in [1.807, 2.05) is 25.1 Å². The number of benzene rings is 2. The minimum Gasteiger partial charge on any atom is -0.494 e. The monoisotopic (exact) mass is 444 g/mol. The van der Waals surface area contributed by atoms with Gasteiger partial charge < -0.3 is 18.9 Å². The lowest BCUT2D eigenvalue weighted by molar-refractivity contribution is -0.126. The molecule has 1 heterocycles. The van der Waals surface area contributed by atoms with Gasteiger partial charge in [-0.1, -0.05) is 17.8 Å². The lowest BCUT2D eigenvalue weighted by atomic mass is 10.1. The maximum atomic E-state index is 13.2. The molecule has 0 N–H and O–H groups in total. The smallest absolute Gasteiger partial charge is 0.232 e. The second-order valence-electron chi connectivity index (χ2n) is 7.03. The molecule has 2 aromatic rings. The highest BCUT2D eigenvalue weighted by Gasteiger charge is 2.25. The fraction of sp³-hybridized carbons (Fsp3) is 0.391. The van der Waals surface area contributed by atoms with Gasteiger partial charge in [0.15, 0.2) is 16.7 Å². The molecule has 1 saturated heterocycles. The summed E-state index contributed by atoms with van der Waals surface area (Å²) in [5, 5.41) is 0.688. The predicted octanol–water partition coefficient (Wildman–Crippen LogP) is 4.23. The van der Waals surface area contributed by atoms with Gasteiger partial charge in [-0.05, 0) is 48.7 Å². The Morgan fingerprint density at radius 3 is 2.29 bits per heavy atom. The van der Waals surface area contributed by atoms with Gasteiger partial charge in [-0.3, -0.25) is 9.69 Å². The van der Waals surface area contributed by atoms with Crippen LogP contribution in [0.3, 0.4) is 0 Å². The van der Waals surface area contributed by atoms with Gasteiger partial charge in [0.1, 0.15) is 11.4 Å². The van der Waals surface area contributed by atoms with Crippen molar-refractivity contribution in [1.29, 1.82) is 0 Å². The van der Waals surface area contributed by atoms with Crippen molar-refractivity contribution >= 4 is 28.5 Å². The molecule has 1 aliphatic rings. The summed E-state index contributed by atoms with van der Waals surface area (Å²) >= 11 is 1.58. The first-order valence-electron chi connectivity index (χ1n) is 9.96. The second kappa shape index (κ2) is 10.4. The van der Waals surface area contributed by atoms with Crippen molar-refractivity contribution in [1.82, 2.24) is 4.90 Å². The molecule has 0 radical (unpaired) electrons. The third-order valence-corrected chi connectivity index (χ3v) is 5.98. The molecule has 1 fully saturated rings. The Morgan fingerprint density at radius 2 is 1.68 bits per heavy atom. The third-order valence-electron chi connectivity index (χ3n) is 4.92. The number of carbonyl (C=O) groups excluding carboxylic acids is 1. The van der Waals surface area contributed by atoms with E-state index >= 15 is 0 Å². The summed E-state index contributed by atoms with van der Waals surface area (Å²) in [4.78, 5) is 19.8. The maximum Gasteiger partial charge on any atom is 0.232 e. The fourth-order valence-corrected chi connectivity index (χ4v) is 4.35. The molecule has 0 unspecified atom stereocenters. The van der Waals surface area contributed by atoms with E-state index in [1.165, 1.54) is 0 Å². The summed E-state index contributed by atoms with van der Waals surface area (Å²) in [6.45, 7) is 2.63. The molecule has 2 aromatic carbocycles. The van der Waals surface area contributed by atoms with Gasteiger partial charge in [0.05, 0.1) is 34.9 Å². The molecule has 0 aliphatic carbocycles.